The molecule has 25 heavy (non-hydrogen) atoms. The van der Waals surface area contributed by atoms with Crippen LogP contribution in [0.1, 0.15) is 49.9 Å². The van der Waals surface area contributed by atoms with Crippen LogP contribution < -0.4 is 5.32 Å². The van der Waals surface area contributed by atoms with Crippen LogP contribution in [0.3, 0.4) is 0 Å². The van der Waals surface area contributed by atoms with E-state index in [2.05, 4.69) is 5.32 Å². The first kappa shape index (κ1) is 19.0. The maximum absolute atomic E-state index is 12.3. The Morgan fingerprint density at radius 3 is 2.00 bits per heavy atom. The van der Waals surface area contributed by atoms with Crippen molar-refractivity contribution < 1.29 is 19.5 Å². The lowest BCUT2D eigenvalue weighted by Crippen LogP contribution is -2.30. The SMILES string of the molecule is CCN(CC)C(=O)c1ccc(NC(=O)C2CCC(C(=O)O)CC2)cc1. The van der Waals surface area contributed by atoms with E-state index < -0.39 is 5.97 Å². The number of anilines is 1. The topological polar surface area (TPSA) is 86.7 Å². The van der Waals surface area contributed by atoms with Gasteiger partial charge in [-0.05, 0) is 63.8 Å². The van der Waals surface area contributed by atoms with Gasteiger partial charge in [0.1, 0.15) is 0 Å². The zero-order chi connectivity index (χ0) is 18.4. The Bertz CT molecular complexity index is 615. The van der Waals surface area contributed by atoms with Crippen molar-refractivity contribution in [1.82, 2.24) is 4.90 Å². The molecular formula is C19H26N2O4. The summed E-state index contributed by atoms with van der Waals surface area (Å²) in [6.45, 7) is 5.20. The van der Waals surface area contributed by atoms with Crippen LogP contribution in [0.2, 0.25) is 0 Å². The number of rotatable bonds is 6. The molecule has 1 aromatic carbocycles. The maximum atomic E-state index is 12.3. The number of hydrogen-bond donors (Lipinski definition) is 2. The van der Waals surface area contributed by atoms with Crippen molar-refractivity contribution in [2.75, 3.05) is 18.4 Å². The van der Waals surface area contributed by atoms with Crippen LogP contribution in [-0.2, 0) is 9.59 Å². The molecule has 0 aromatic heterocycles. The normalized spacial score (nSPS) is 19.9. The number of carbonyl (C=O) groups excluding carboxylic acids is 2. The van der Waals surface area contributed by atoms with Gasteiger partial charge in [0.2, 0.25) is 5.91 Å². The number of carboxylic acids is 1. The predicted molar refractivity (Wildman–Crippen MR) is 95.4 cm³/mol. The molecular weight excluding hydrogens is 320 g/mol. The molecule has 0 atom stereocenters. The lowest BCUT2D eigenvalue weighted by atomic mass is 9.81. The smallest absolute Gasteiger partial charge is 0.306 e. The number of nitrogens with zero attached hydrogens (tertiary/aromatic N) is 1. The molecule has 6 nitrogen and oxygen atoms in total. The van der Waals surface area contributed by atoms with Crippen LogP contribution in [-0.4, -0.2) is 40.9 Å². The predicted octanol–water partition coefficient (Wildman–Crippen LogP) is 3.00. The Labute approximate surface area is 148 Å². The molecule has 1 aromatic rings. The van der Waals surface area contributed by atoms with Gasteiger partial charge in [0.15, 0.2) is 0 Å². The molecule has 0 bridgehead atoms. The molecule has 0 radical (unpaired) electrons. The fourth-order valence-electron chi connectivity index (χ4n) is 3.24. The highest BCUT2D eigenvalue weighted by Gasteiger charge is 2.29. The maximum Gasteiger partial charge on any atom is 0.306 e. The Morgan fingerprint density at radius 1 is 1.00 bits per heavy atom. The molecule has 2 N–H and O–H groups in total. The Balaban J connectivity index is 1.92. The molecule has 0 unspecified atom stereocenters. The highest BCUT2D eigenvalue weighted by atomic mass is 16.4. The average molecular weight is 346 g/mol. The van der Waals surface area contributed by atoms with Crippen LogP contribution in [0.25, 0.3) is 0 Å². The second-order valence-electron chi connectivity index (χ2n) is 6.43. The Morgan fingerprint density at radius 2 is 1.52 bits per heavy atom. The van der Waals surface area contributed by atoms with Crippen LogP contribution >= 0.6 is 0 Å². The number of nitrogens with one attached hydrogen (secondary N) is 1. The zero-order valence-corrected chi connectivity index (χ0v) is 14.8. The van der Waals surface area contributed by atoms with Gasteiger partial charge in [-0.3, -0.25) is 14.4 Å². The van der Waals surface area contributed by atoms with Gasteiger partial charge in [-0.2, -0.15) is 0 Å². The first-order valence-corrected chi connectivity index (χ1v) is 8.89. The molecule has 0 spiro atoms. The van der Waals surface area contributed by atoms with Gasteiger partial charge < -0.3 is 15.3 Å². The third kappa shape index (κ3) is 4.81. The minimum absolute atomic E-state index is 0.0186. The van der Waals surface area contributed by atoms with Crippen LogP contribution in [0.15, 0.2) is 24.3 Å². The molecule has 0 aliphatic heterocycles. The van der Waals surface area contributed by atoms with Gasteiger partial charge in [-0.25, -0.2) is 0 Å². The largest absolute Gasteiger partial charge is 0.481 e. The number of carbonyl (C=O) groups is 3. The van der Waals surface area contributed by atoms with Crippen molar-refractivity contribution in [3.8, 4) is 0 Å². The first-order valence-electron chi connectivity index (χ1n) is 8.89. The summed E-state index contributed by atoms with van der Waals surface area (Å²) in [5.41, 5.74) is 1.25. The summed E-state index contributed by atoms with van der Waals surface area (Å²) >= 11 is 0. The summed E-state index contributed by atoms with van der Waals surface area (Å²) in [5.74, 6) is -1.34. The van der Waals surface area contributed by atoms with Gasteiger partial charge in [0, 0.05) is 30.3 Å². The average Bonchev–Trinajstić information content (AvgIpc) is 2.63. The lowest BCUT2D eigenvalue weighted by molar-refractivity contribution is -0.143. The number of carboxylic acid groups (broad SMARTS) is 1. The van der Waals surface area contributed by atoms with E-state index >= 15 is 0 Å². The minimum atomic E-state index is -0.771. The van der Waals surface area contributed by atoms with E-state index in [9.17, 15) is 14.4 Å². The molecule has 0 saturated heterocycles. The Hall–Kier alpha value is -2.37. The van der Waals surface area contributed by atoms with Gasteiger partial charge >= 0.3 is 5.97 Å². The van der Waals surface area contributed by atoms with E-state index in [1.54, 1.807) is 29.2 Å². The molecule has 2 amide bonds. The quantitative estimate of drug-likeness (QED) is 0.829. The van der Waals surface area contributed by atoms with Crippen molar-refractivity contribution in [2.45, 2.75) is 39.5 Å². The van der Waals surface area contributed by atoms with Gasteiger partial charge in [0.05, 0.1) is 5.92 Å². The second-order valence-corrected chi connectivity index (χ2v) is 6.43. The number of amides is 2. The van der Waals surface area contributed by atoms with Crippen molar-refractivity contribution in [1.29, 1.82) is 0 Å². The lowest BCUT2D eigenvalue weighted by Gasteiger charge is -2.25. The number of hydrogen-bond acceptors (Lipinski definition) is 3. The van der Waals surface area contributed by atoms with E-state index in [0.717, 1.165) is 0 Å². The highest BCUT2D eigenvalue weighted by molar-refractivity contribution is 5.96. The number of aliphatic carboxylic acids is 1. The standard InChI is InChI=1S/C19H26N2O4/c1-3-21(4-2)18(23)14-9-11-16(12-10-14)20-17(22)13-5-7-15(8-6-13)19(24)25/h9-13,15H,3-8H2,1-2H3,(H,20,22)(H,24,25). The zero-order valence-electron chi connectivity index (χ0n) is 14.8. The summed E-state index contributed by atoms with van der Waals surface area (Å²) in [4.78, 5) is 37.3. The second kappa shape index (κ2) is 8.65. The van der Waals surface area contributed by atoms with Gasteiger partial charge in [-0.15, -0.1) is 0 Å². The molecule has 1 aliphatic rings. The van der Waals surface area contributed by atoms with Crippen molar-refractivity contribution in [2.24, 2.45) is 11.8 Å². The van der Waals surface area contributed by atoms with Crippen molar-refractivity contribution in [3.05, 3.63) is 29.8 Å². The molecule has 1 fully saturated rings. The van der Waals surface area contributed by atoms with E-state index in [1.165, 1.54) is 0 Å². The summed E-state index contributed by atoms with van der Waals surface area (Å²) in [7, 11) is 0. The first-order chi connectivity index (χ1) is 12.0. The van der Waals surface area contributed by atoms with Gasteiger partial charge in [0.25, 0.3) is 5.91 Å². The third-order valence-corrected chi connectivity index (χ3v) is 4.90. The van der Waals surface area contributed by atoms with Crippen molar-refractivity contribution >= 4 is 23.5 Å². The molecule has 0 heterocycles. The Kier molecular flexibility index (Phi) is 6.56. The monoisotopic (exact) mass is 346 g/mol. The van der Waals surface area contributed by atoms with Crippen LogP contribution in [0.5, 0.6) is 0 Å². The van der Waals surface area contributed by atoms with Gasteiger partial charge in [-0.1, -0.05) is 0 Å². The third-order valence-electron chi connectivity index (χ3n) is 4.90. The van der Waals surface area contributed by atoms with E-state index in [1.807, 2.05) is 13.8 Å². The fraction of sp³-hybridized carbons (Fsp3) is 0.526. The van der Waals surface area contributed by atoms with Crippen LogP contribution in [0.4, 0.5) is 5.69 Å². The fourth-order valence-corrected chi connectivity index (χ4v) is 3.24. The molecule has 136 valence electrons. The minimum Gasteiger partial charge on any atom is -0.481 e. The summed E-state index contributed by atoms with van der Waals surface area (Å²) in [6, 6.07) is 6.91. The van der Waals surface area contributed by atoms with E-state index in [-0.39, 0.29) is 23.7 Å². The highest BCUT2D eigenvalue weighted by Crippen LogP contribution is 2.29. The van der Waals surface area contributed by atoms with Crippen LogP contribution in [0, 0.1) is 11.8 Å². The molecule has 2 rings (SSSR count). The summed E-state index contributed by atoms with van der Waals surface area (Å²) in [6.07, 6.45) is 2.29. The number of benzene rings is 1. The van der Waals surface area contributed by atoms with E-state index in [4.69, 9.17) is 5.11 Å². The molecule has 6 heteroatoms. The van der Waals surface area contributed by atoms with E-state index in [0.29, 0.717) is 50.0 Å². The molecule has 1 saturated carbocycles. The summed E-state index contributed by atoms with van der Waals surface area (Å²) < 4.78 is 0. The summed E-state index contributed by atoms with van der Waals surface area (Å²) in [5, 5.41) is 11.9. The van der Waals surface area contributed by atoms with Crippen molar-refractivity contribution in [3.63, 3.8) is 0 Å². The molecule has 1 aliphatic carbocycles.